The van der Waals surface area contributed by atoms with Gasteiger partial charge in [-0.05, 0) is 28.1 Å². The summed E-state index contributed by atoms with van der Waals surface area (Å²) >= 11 is 3.05. The fourth-order valence-electron chi connectivity index (χ4n) is 1.62. The molecule has 1 fully saturated rings. The molecule has 0 bridgehead atoms. The summed E-state index contributed by atoms with van der Waals surface area (Å²) in [6.45, 7) is 0.159. The largest absolute Gasteiger partial charge is 0.391 e. The van der Waals surface area contributed by atoms with E-state index in [9.17, 15) is 14.3 Å². The Balaban J connectivity index is 2.38. The van der Waals surface area contributed by atoms with E-state index in [-0.39, 0.29) is 24.6 Å². The third-order valence-corrected chi connectivity index (χ3v) is 2.94. The Bertz CT molecular complexity index is 410. The van der Waals surface area contributed by atoms with Crippen molar-refractivity contribution < 1.29 is 14.3 Å². The molecule has 15 heavy (non-hydrogen) atoms. The lowest BCUT2D eigenvalue weighted by atomic mass is 10.3. The highest BCUT2D eigenvalue weighted by molar-refractivity contribution is 9.10. The Kier molecular flexibility index (Phi) is 2.75. The number of benzene rings is 1. The molecule has 0 aliphatic carbocycles. The summed E-state index contributed by atoms with van der Waals surface area (Å²) in [4.78, 5) is 12.7. The molecule has 0 saturated carbocycles. The van der Waals surface area contributed by atoms with E-state index in [2.05, 4.69) is 15.9 Å². The van der Waals surface area contributed by atoms with Crippen molar-refractivity contribution in [3.63, 3.8) is 0 Å². The molecule has 3 nitrogen and oxygen atoms in total. The van der Waals surface area contributed by atoms with Crippen molar-refractivity contribution in [1.29, 1.82) is 0 Å². The maximum absolute atomic E-state index is 13.6. The number of amides is 1. The highest BCUT2D eigenvalue weighted by Gasteiger charge is 2.30. The number of rotatable bonds is 1. The van der Waals surface area contributed by atoms with Crippen LogP contribution in [0.15, 0.2) is 22.7 Å². The quantitative estimate of drug-likeness (QED) is 0.846. The zero-order valence-corrected chi connectivity index (χ0v) is 9.37. The Morgan fingerprint density at radius 1 is 1.53 bits per heavy atom. The molecule has 80 valence electrons. The van der Waals surface area contributed by atoms with Gasteiger partial charge in [0.25, 0.3) is 0 Å². The third-order valence-electron chi connectivity index (χ3n) is 2.33. The van der Waals surface area contributed by atoms with Gasteiger partial charge in [0.2, 0.25) is 5.91 Å². The highest BCUT2D eigenvalue weighted by Crippen LogP contribution is 2.28. The van der Waals surface area contributed by atoms with Crippen LogP contribution in [0, 0.1) is 5.82 Å². The zero-order chi connectivity index (χ0) is 11.0. The molecule has 2 rings (SSSR count). The molecular formula is C10H9BrFNO2. The minimum absolute atomic E-state index is 0.0615. The van der Waals surface area contributed by atoms with Crippen molar-refractivity contribution in [2.24, 2.45) is 0 Å². The molecule has 1 atom stereocenters. The lowest BCUT2D eigenvalue weighted by molar-refractivity contribution is -0.117. The van der Waals surface area contributed by atoms with Gasteiger partial charge in [-0.25, -0.2) is 4.39 Å². The van der Waals surface area contributed by atoms with Crippen molar-refractivity contribution in [3.05, 3.63) is 28.5 Å². The Labute approximate surface area is 94.6 Å². The monoisotopic (exact) mass is 273 g/mol. The minimum atomic E-state index is -0.698. The molecule has 1 aliphatic rings. The number of halogens is 2. The number of β-amino-alcohol motifs (C(OH)–C–C–N with tert-alkyl or cyclic N) is 1. The second-order valence-corrected chi connectivity index (χ2v) is 4.29. The summed E-state index contributed by atoms with van der Waals surface area (Å²) in [5, 5.41) is 9.29. The van der Waals surface area contributed by atoms with Crippen LogP contribution < -0.4 is 4.90 Å². The third kappa shape index (κ3) is 1.89. The van der Waals surface area contributed by atoms with Gasteiger partial charge in [-0.2, -0.15) is 0 Å². The number of anilines is 1. The van der Waals surface area contributed by atoms with Gasteiger partial charge in [0.15, 0.2) is 5.82 Å². The van der Waals surface area contributed by atoms with Crippen LogP contribution in [0.25, 0.3) is 0 Å². The SMILES string of the molecule is O=C1CC(O)CN1c1cccc(Br)c1F. The van der Waals surface area contributed by atoms with Crippen LogP contribution >= 0.6 is 15.9 Å². The van der Waals surface area contributed by atoms with Crippen LogP contribution in [0.5, 0.6) is 0 Å². The molecule has 1 aromatic carbocycles. The van der Waals surface area contributed by atoms with E-state index in [1.54, 1.807) is 12.1 Å². The Hall–Kier alpha value is -0.940. The van der Waals surface area contributed by atoms with Crippen molar-refractivity contribution in [2.45, 2.75) is 12.5 Å². The van der Waals surface area contributed by atoms with E-state index in [1.165, 1.54) is 11.0 Å². The second kappa shape index (κ2) is 3.90. The molecule has 1 aliphatic heterocycles. The molecule has 0 spiro atoms. The van der Waals surface area contributed by atoms with Gasteiger partial charge in [0.1, 0.15) is 0 Å². The van der Waals surface area contributed by atoms with E-state index < -0.39 is 11.9 Å². The van der Waals surface area contributed by atoms with Crippen LogP contribution in [0.3, 0.4) is 0 Å². The molecular weight excluding hydrogens is 265 g/mol. The molecule has 1 amide bonds. The fourth-order valence-corrected chi connectivity index (χ4v) is 1.98. The predicted octanol–water partition coefficient (Wildman–Crippen LogP) is 1.69. The van der Waals surface area contributed by atoms with Crippen molar-refractivity contribution in [2.75, 3.05) is 11.4 Å². The molecule has 0 radical (unpaired) electrons. The molecule has 1 saturated heterocycles. The number of carbonyl (C=O) groups excluding carboxylic acids is 1. The van der Waals surface area contributed by atoms with Gasteiger partial charge in [-0.3, -0.25) is 4.79 Å². The Morgan fingerprint density at radius 3 is 2.87 bits per heavy atom. The van der Waals surface area contributed by atoms with Crippen LogP contribution in [0.4, 0.5) is 10.1 Å². The maximum atomic E-state index is 13.6. The first-order chi connectivity index (χ1) is 7.09. The number of nitrogens with zero attached hydrogens (tertiary/aromatic N) is 1. The number of hydrogen-bond acceptors (Lipinski definition) is 2. The Morgan fingerprint density at radius 2 is 2.27 bits per heavy atom. The van der Waals surface area contributed by atoms with Crippen molar-refractivity contribution in [1.82, 2.24) is 0 Å². The average Bonchev–Trinajstić information content (AvgIpc) is 2.50. The van der Waals surface area contributed by atoms with E-state index in [4.69, 9.17) is 0 Å². The summed E-state index contributed by atoms with van der Waals surface area (Å²) in [7, 11) is 0. The number of aliphatic hydroxyl groups is 1. The van der Waals surface area contributed by atoms with Crippen LogP contribution in [-0.4, -0.2) is 23.7 Å². The lowest BCUT2D eigenvalue weighted by Crippen LogP contribution is -2.26. The minimum Gasteiger partial charge on any atom is -0.391 e. The summed E-state index contributed by atoms with van der Waals surface area (Å²) in [6, 6.07) is 4.74. The zero-order valence-electron chi connectivity index (χ0n) is 7.78. The highest BCUT2D eigenvalue weighted by atomic mass is 79.9. The van der Waals surface area contributed by atoms with Gasteiger partial charge in [-0.1, -0.05) is 6.07 Å². The summed E-state index contributed by atoms with van der Waals surface area (Å²) < 4.78 is 13.9. The number of aliphatic hydroxyl groups excluding tert-OH is 1. The summed E-state index contributed by atoms with van der Waals surface area (Å²) in [5.74, 6) is -0.723. The van der Waals surface area contributed by atoms with Gasteiger partial charge in [0.05, 0.1) is 29.2 Å². The first-order valence-corrected chi connectivity index (χ1v) is 5.31. The predicted molar refractivity (Wildman–Crippen MR) is 57.1 cm³/mol. The topological polar surface area (TPSA) is 40.5 Å². The van der Waals surface area contributed by atoms with Gasteiger partial charge < -0.3 is 10.0 Å². The van der Waals surface area contributed by atoms with Crippen LogP contribution in [0.1, 0.15) is 6.42 Å². The molecule has 0 aromatic heterocycles. The summed E-state index contributed by atoms with van der Waals surface area (Å²) in [5.41, 5.74) is 0.214. The standard InChI is InChI=1S/C10H9BrFNO2/c11-7-2-1-3-8(10(7)12)13-5-6(14)4-9(13)15/h1-3,6,14H,4-5H2. The van der Waals surface area contributed by atoms with Crippen LogP contribution in [0.2, 0.25) is 0 Å². The smallest absolute Gasteiger partial charge is 0.229 e. The number of hydrogen-bond donors (Lipinski definition) is 1. The maximum Gasteiger partial charge on any atom is 0.229 e. The van der Waals surface area contributed by atoms with E-state index in [0.717, 1.165) is 0 Å². The van der Waals surface area contributed by atoms with Crippen molar-refractivity contribution >= 4 is 27.5 Å². The molecule has 1 N–H and O–H groups in total. The number of carbonyl (C=O) groups is 1. The first kappa shape index (κ1) is 10.6. The normalized spacial score (nSPS) is 21.1. The molecule has 1 aromatic rings. The molecule has 5 heteroatoms. The van der Waals surface area contributed by atoms with E-state index >= 15 is 0 Å². The molecule has 1 unspecified atom stereocenters. The van der Waals surface area contributed by atoms with E-state index in [1.807, 2.05) is 0 Å². The van der Waals surface area contributed by atoms with Crippen molar-refractivity contribution in [3.8, 4) is 0 Å². The first-order valence-electron chi connectivity index (χ1n) is 4.52. The van der Waals surface area contributed by atoms with Gasteiger partial charge in [0, 0.05) is 0 Å². The van der Waals surface area contributed by atoms with Crippen LogP contribution in [-0.2, 0) is 4.79 Å². The second-order valence-electron chi connectivity index (χ2n) is 3.44. The van der Waals surface area contributed by atoms with Gasteiger partial charge in [-0.15, -0.1) is 0 Å². The fraction of sp³-hybridized carbons (Fsp3) is 0.300. The van der Waals surface area contributed by atoms with Gasteiger partial charge >= 0.3 is 0 Å². The summed E-state index contributed by atoms with van der Waals surface area (Å²) in [6.07, 6.45) is -0.637. The lowest BCUT2D eigenvalue weighted by Gasteiger charge is -2.16. The van der Waals surface area contributed by atoms with E-state index in [0.29, 0.717) is 4.47 Å². The molecule has 1 heterocycles. The average molecular weight is 274 g/mol.